The van der Waals surface area contributed by atoms with Crippen LogP contribution in [0.25, 0.3) is 49.9 Å². The number of aromatic nitrogens is 2. The van der Waals surface area contributed by atoms with Gasteiger partial charge in [0.15, 0.2) is 0 Å². The summed E-state index contributed by atoms with van der Waals surface area (Å²) in [4.78, 5) is 8.53. The molecule has 0 spiro atoms. The molecule has 71 heavy (non-hydrogen) atoms. The molecule has 0 bridgehead atoms. The average molecular weight is 1120 g/mol. The molecular weight excluding hydrogens is 1050 g/mol. The minimum atomic E-state index is -0.569. The van der Waals surface area contributed by atoms with Crippen molar-refractivity contribution in [2.45, 2.75) is 65.7 Å². The first-order valence-corrected chi connectivity index (χ1v) is 23.4. The maximum absolute atomic E-state index is 9.12. The molecule has 0 unspecified atom stereocenters. The first kappa shape index (κ1) is 36.5. The summed E-state index contributed by atoms with van der Waals surface area (Å²) in [5.41, 5.74) is 6.65. The number of benzene rings is 8. The maximum atomic E-state index is 9.12. The van der Waals surface area contributed by atoms with Crippen LogP contribution in [0.4, 0.5) is 22.7 Å². The number of rotatable bonds is 11. The van der Waals surface area contributed by atoms with Gasteiger partial charge in [0.1, 0.15) is 17.3 Å². The average Bonchev–Trinajstić information content (AvgIpc) is 4.18. The Balaban J connectivity index is 0.00000736. The van der Waals surface area contributed by atoms with Crippen molar-refractivity contribution in [1.82, 2.24) is 9.55 Å². The smallest absolute Gasteiger partial charge is 0.139 e. The Morgan fingerprint density at radius 1 is 0.592 bits per heavy atom. The first-order chi connectivity index (χ1) is 38.1. The van der Waals surface area contributed by atoms with E-state index in [4.69, 9.17) is 28.2 Å². The third-order valence-corrected chi connectivity index (χ3v) is 12.6. The van der Waals surface area contributed by atoms with Crippen LogP contribution < -0.4 is 19.3 Å². The number of hydrogen-bond donors (Lipinski definition) is 0. The predicted octanol–water partition coefficient (Wildman–Crippen LogP) is 17.6. The largest absolute Gasteiger partial charge is 0.509 e. The second-order valence-corrected chi connectivity index (χ2v) is 19.1. The summed E-state index contributed by atoms with van der Waals surface area (Å²) in [5.74, 6) is 3.46. The van der Waals surface area contributed by atoms with Gasteiger partial charge < -0.3 is 23.8 Å². The van der Waals surface area contributed by atoms with Gasteiger partial charge in [0, 0.05) is 78.5 Å². The minimum Gasteiger partial charge on any atom is -0.509 e. The van der Waals surface area contributed by atoms with Gasteiger partial charge in [-0.2, -0.15) is 6.07 Å². The third-order valence-electron chi connectivity index (χ3n) is 12.6. The Morgan fingerprint density at radius 2 is 1.23 bits per heavy atom. The summed E-state index contributed by atoms with van der Waals surface area (Å²) < 4.78 is 103. The van der Waals surface area contributed by atoms with E-state index in [2.05, 4.69) is 95.5 Å². The minimum absolute atomic E-state index is 0. The van der Waals surface area contributed by atoms with Gasteiger partial charge in [0.2, 0.25) is 0 Å². The van der Waals surface area contributed by atoms with Crippen molar-refractivity contribution in [3.63, 3.8) is 0 Å². The molecule has 8 aromatic carbocycles. The van der Waals surface area contributed by atoms with Gasteiger partial charge in [-0.25, -0.2) is 4.98 Å². The van der Waals surface area contributed by atoms with Crippen molar-refractivity contribution in [2.75, 3.05) is 9.80 Å². The Hall–Kier alpha value is -7.40. The van der Waals surface area contributed by atoms with Crippen LogP contribution >= 0.6 is 0 Å². The second-order valence-electron chi connectivity index (χ2n) is 19.1. The van der Waals surface area contributed by atoms with Gasteiger partial charge in [-0.3, -0.25) is 0 Å². The number of hydrogen-bond acceptors (Lipinski definition) is 5. The monoisotopic (exact) mass is 1120 g/mol. The summed E-state index contributed by atoms with van der Waals surface area (Å²) in [7, 11) is 0. The Morgan fingerprint density at radius 3 is 1.87 bits per heavy atom. The topological polar surface area (TPSA) is 42.8 Å². The number of nitrogens with zero attached hydrogens (tertiary/aromatic N) is 4. The number of fused-ring (bicyclic) bond motifs is 4. The van der Waals surface area contributed by atoms with Crippen LogP contribution in [0.2, 0.25) is 0 Å². The molecule has 7 heteroatoms. The van der Waals surface area contributed by atoms with Crippen LogP contribution in [0.15, 0.2) is 188 Å². The Kier molecular flexibility index (Phi) is 9.99. The molecule has 3 heterocycles. The van der Waals surface area contributed by atoms with E-state index in [-0.39, 0.29) is 49.0 Å². The summed E-state index contributed by atoms with van der Waals surface area (Å²) in [6.07, 6.45) is 1.75. The molecule has 1 aliphatic rings. The van der Waals surface area contributed by atoms with Gasteiger partial charge in [0.05, 0.1) is 13.7 Å². The molecule has 0 radical (unpaired) electrons. The van der Waals surface area contributed by atoms with Gasteiger partial charge in [-0.05, 0) is 81.3 Å². The molecule has 0 N–H and O–H groups in total. The van der Waals surface area contributed by atoms with E-state index in [1.165, 1.54) is 11.1 Å². The van der Waals surface area contributed by atoms with E-state index >= 15 is 0 Å². The number of para-hydroxylation sites is 4. The molecule has 1 aliphatic heterocycles. The van der Waals surface area contributed by atoms with Crippen molar-refractivity contribution in [1.29, 1.82) is 0 Å². The molecule has 0 amide bonds. The van der Waals surface area contributed by atoms with Crippen LogP contribution in [0.3, 0.4) is 0 Å². The van der Waals surface area contributed by atoms with Crippen molar-refractivity contribution < 1.29 is 44.2 Å². The molecular formula is C64H55N4O2Pt-3. The molecule has 0 aliphatic carbocycles. The zero-order valence-electron chi connectivity index (χ0n) is 50.3. The Bertz CT molecular complexity index is 3990. The summed E-state index contributed by atoms with van der Waals surface area (Å²) in [6, 6.07) is 40.4. The fourth-order valence-electron chi connectivity index (χ4n) is 8.99. The molecule has 2 aromatic heterocycles. The van der Waals surface area contributed by atoms with Gasteiger partial charge in [0.25, 0.3) is 0 Å². The molecule has 10 aromatic rings. The van der Waals surface area contributed by atoms with E-state index in [1.54, 1.807) is 36.0 Å². The SMILES string of the molecule is [2H]c1c([2H])c([2H])c(-c2cccc(-c3c([2H])c([2H])c([2H])c([2H])c3[2H])c2N2[CH-]N(c3[c-]c(Oc4[c-]c5c(cc4)c4ccccc4n5-c4cc(Oc5cc(C(C)C)cc(C(C)C)c5)ccn4)cc(C(C)(C)C)c3)c3ccccc32)c([2H])c1[2H].[Pt]. The van der Waals surface area contributed by atoms with E-state index in [9.17, 15) is 0 Å². The van der Waals surface area contributed by atoms with Gasteiger partial charge in [-0.1, -0.05) is 169 Å². The van der Waals surface area contributed by atoms with Gasteiger partial charge in [-0.15, -0.1) is 53.6 Å². The van der Waals surface area contributed by atoms with Crippen LogP contribution in [0.1, 0.15) is 90.7 Å². The maximum Gasteiger partial charge on any atom is 0.139 e. The quantitative estimate of drug-likeness (QED) is 0.121. The molecule has 11 rings (SSSR count). The zero-order valence-corrected chi connectivity index (χ0v) is 42.6. The molecule has 0 saturated carbocycles. The van der Waals surface area contributed by atoms with E-state index in [0.717, 1.165) is 33.1 Å². The fraction of sp³-hybridized carbons (Fsp3) is 0.156. The Labute approximate surface area is 446 Å². The summed E-state index contributed by atoms with van der Waals surface area (Å²) >= 11 is 0. The molecule has 0 saturated heterocycles. The van der Waals surface area contributed by atoms with Crippen LogP contribution in [0.5, 0.6) is 23.0 Å². The van der Waals surface area contributed by atoms with Crippen LogP contribution in [-0.4, -0.2) is 9.55 Å². The van der Waals surface area contributed by atoms with Crippen LogP contribution in [-0.2, 0) is 26.5 Å². The fourth-order valence-corrected chi connectivity index (χ4v) is 8.99. The van der Waals surface area contributed by atoms with E-state index in [0.29, 0.717) is 52.0 Å². The van der Waals surface area contributed by atoms with Crippen molar-refractivity contribution in [3.8, 4) is 51.1 Å². The molecule has 6 nitrogen and oxygen atoms in total. The van der Waals surface area contributed by atoms with Crippen LogP contribution in [0, 0.1) is 18.8 Å². The van der Waals surface area contributed by atoms with Crippen molar-refractivity contribution in [2.24, 2.45) is 0 Å². The van der Waals surface area contributed by atoms with Crippen molar-refractivity contribution >= 4 is 44.6 Å². The number of ether oxygens (including phenoxy) is 2. The molecule has 0 fully saturated rings. The first-order valence-electron chi connectivity index (χ1n) is 28.4. The van der Waals surface area contributed by atoms with E-state index in [1.807, 2.05) is 77.7 Å². The summed E-state index contributed by atoms with van der Waals surface area (Å²) in [5, 5.41) is 1.94. The molecule has 0 atom stereocenters. The summed E-state index contributed by atoms with van der Waals surface area (Å²) in [6.45, 7) is 16.8. The number of anilines is 4. The van der Waals surface area contributed by atoms with Gasteiger partial charge >= 0.3 is 0 Å². The van der Waals surface area contributed by atoms with E-state index < -0.39 is 65.8 Å². The molecule has 356 valence electrons. The third kappa shape index (κ3) is 9.26. The second kappa shape index (κ2) is 19.4. The van der Waals surface area contributed by atoms with Crippen molar-refractivity contribution in [3.05, 3.63) is 223 Å². The standard InChI is InChI=1S/C64H55N4O2.Pt/c1-42(2)46-33-47(43(3)4)35-52(34-46)70-51-31-32-65-62(40-51)68-58-26-15-14-23-56(58)57-30-29-50(39-61(57)68)69-53-37-48(64(5,6)7)36-49(38-53)66-41-67(60-28-17-16-27-59(60)66)63-54(44-19-10-8-11-20-44)24-18-25-55(63)45-21-12-9-13-22-45;/h8-37,40-43H,1-7H3;/q-3;/i8D,9D,10D,11D,12D,13D,19D,20D,21D,22D;. The normalized spacial score (nSPS) is 14.4. The number of pyridine rings is 1. The zero-order chi connectivity index (χ0) is 56.8. The predicted molar refractivity (Wildman–Crippen MR) is 288 cm³/mol.